The van der Waals surface area contributed by atoms with E-state index in [4.69, 9.17) is 20.7 Å². The minimum Gasteiger partial charge on any atom is -0.480 e. The smallest absolute Gasteiger partial charge is 0.409 e. The van der Waals surface area contributed by atoms with E-state index in [1.807, 2.05) is 57.4 Å². The van der Waals surface area contributed by atoms with Gasteiger partial charge in [0.05, 0.1) is 0 Å². The maximum atomic E-state index is 11.4. The minimum atomic E-state index is -1.45. The third-order valence-electron chi connectivity index (χ3n) is 2.75. The number of carboxylic acid groups (broad SMARTS) is 1. The summed E-state index contributed by atoms with van der Waals surface area (Å²) in [5.41, 5.74) is 6.25. The van der Waals surface area contributed by atoms with Crippen LogP contribution in [0.4, 0.5) is 4.79 Å². The molecule has 0 bridgehead atoms. The number of carboxylic acids is 1. The van der Waals surface area contributed by atoms with Crippen LogP contribution in [0, 0.1) is 0 Å². The van der Waals surface area contributed by atoms with Gasteiger partial charge in [0.25, 0.3) is 0 Å². The summed E-state index contributed by atoms with van der Waals surface area (Å²) in [5, 5.41) is 27.1. The highest BCUT2D eigenvalue weighted by atomic mass is 32.2. The van der Waals surface area contributed by atoms with Crippen LogP contribution in [-0.2, 0) is 16.0 Å². The maximum absolute atomic E-state index is 11.4. The Labute approximate surface area is 178 Å². The molecule has 1 unspecified atom stereocenters. The van der Waals surface area contributed by atoms with Gasteiger partial charge < -0.3 is 31.1 Å². The number of aliphatic hydroxyl groups excluding tert-OH is 1. The highest BCUT2D eigenvalue weighted by molar-refractivity contribution is 7.98. The molecule has 1 rings (SSSR count). The van der Waals surface area contributed by atoms with Crippen LogP contribution in [0.5, 0.6) is 0 Å². The van der Waals surface area contributed by atoms with Crippen molar-refractivity contribution in [3.05, 3.63) is 35.9 Å². The monoisotopic (exact) mass is 434 g/mol. The second kappa shape index (κ2) is 19.5. The lowest BCUT2D eigenvalue weighted by atomic mass is 10.1. The highest BCUT2D eigenvalue weighted by Gasteiger charge is 2.19. The van der Waals surface area contributed by atoms with Crippen LogP contribution in [0.15, 0.2) is 30.3 Å². The van der Waals surface area contributed by atoms with E-state index in [-0.39, 0.29) is 6.04 Å². The zero-order valence-electron chi connectivity index (χ0n) is 18.5. The van der Waals surface area contributed by atoms with Crippen molar-refractivity contribution < 1.29 is 29.6 Å². The third kappa shape index (κ3) is 22.3. The van der Waals surface area contributed by atoms with Crippen molar-refractivity contribution >= 4 is 23.8 Å². The summed E-state index contributed by atoms with van der Waals surface area (Å²) >= 11 is 1.43. The maximum Gasteiger partial charge on any atom is 0.409 e. The van der Waals surface area contributed by atoms with Crippen molar-refractivity contribution in [3.63, 3.8) is 0 Å². The van der Waals surface area contributed by atoms with Gasteiger partial charge in [-0.1, -0.05) is 44.2 Å². The summed E-state index contributed by atoms with van der Waals surface area (Å²) in [6.07, 6.45) is 1.94. The highest BCUT2D eigenvalue weighted by Crippen LogP contribution is 2.06. The lowest BCUT2D eigenvalue weighted by Crippen LogP contribution is -2.39. The summed E-state index contributed by atoms with van der Waals surface area (Å²) < 4.78 is 4.75. The van der Waals surface area contributed by atoms with Crippen LogP contribution in [0.25, 0.3) is 0 Å². The van der Waals surface area contributed by atoms with Crippen LogP contribution in [0.3, 0.4) is 0 Å². The number of hydrogen-bond donors (Lipinski definition) is 5. The van der Waals surface area contributed by atoms with E-state index in [9.17, 15) is 14.7 Å². The molecule has 1 amide bonds. The number of aliphatic hydroxyl groups is 2. The van der Waals surface area contributed by atoms with E-state index in [2.05, 4.69) is 5.32 Å². The van der Waals surface area contributed by atoms with Gasteiger partial charge in [-0.05, 0) is 25.2 Å². The van der Waals surface area contributed by atoms with Crippen molar-refractivity contribution in [1.29, 1.82) is 0 Å². The first kappa shape index (κ1) is 31.9. The first-order chi connectivity index (χ1) is 13.5. The first-order valence-corrected chi connectivity index (χ1v) is 10.6. The molecule has 2 atom stereocenters. The van der Waals surface area contributed by atoms with Gasteiger partial charge in [0.1, 0.15) is 6.04 Å². The summed E-state index contributed by atoms with van der Waals surface area (Å²) in [7, 11) is 1.00. The molecule has 0 saturated heterocycles. The average molecular weight is 435 g/mol. The van der Waals surface area contributed by atoms with Gasteiger partial charge in [-0.25, -0.2) is 4.79 Å². The Balaban J connectivity index is -0.000000474. The van der Waals surface area contributed by atoms with Crippen LogP contribution in [-0.4, -0.2) is 64.4 Å². The van der Waals surface area contributed by atoms with E-state index in [1.165, 1.54) is 25.6 Å². The fraction of sp³-hybridized carbons (Fsp3) is 0.600. The number of alkyl carbamates (subject to hydrolysis) is 1. The lowest BCUT2D eigenvalue weighted by molar-refractivity contribution is -0.138. The minimum absolute atomic E-state index is 0.0488. The number of carbonyl (C=O) groups is 2. The molecule has 0 spiro atoms. The summed E-state index contributed by atoms with van der Waals surface area (Å²) in [6, 6.07) is 9.11. The molecule has 8 nitrogen and oxygen atoms in total. The van der Waals surface area contributed by atoms with E-state index < -0.39 is 23.9 Å². The quantitative estimate of drug-likeness (QED) is 0.412. The number of carbonyl (C=O) groups excluding carboxylic acids is 1. The van der Waals surface area contributed by atoms with Gasteiger partial charge in [0.15, 0.2) is 0 Å². The summed E-state index contributed by atoms with van der Waals surface area (Å²) in [4.78, 5) is 21.3. The molecular weight excluding hydrogens is 396 g/mol. The van der Waals surface area contributed by atoms with Gasteiger partial charge >= 0.3 is 12.1 Å². The molecule has 6 N–H and O–H groups in total. The van der Waals surface area contributed by atoms with E-state index in [0.717, 1.165) is 19.1 Å². The molecule has 29 heavy (non-hydrogen) atoms. The van der Waals surface area contributed by atoms with E-state index in [0.29, 0.717) is 5.75 Å². The largest absolute Gasteiger partial charge is 0.480 e. The molecule has 0 heterocycles. The molecule has 0 aromatic heterocycles. The Hall–Kier alpha value is -1.81. The SMILES string of the molecule is CC.CO.CSCC(N)C(=O)O.C[C@@H](Cc1ccccc1)NC(=O)OC(C)(C)O. The number of hydrogen-bond acceptors (Lipinski definition) is 7. The van der Waals surface area contributed by atoms with E-state index >= 15 is 0 Å². The van der Waals surface area contributed by atoms with Crippen molar-refractivity contribution in [2.45, 2.75) is 58.9 Å². The lowest BCUT2D eigenvalue weighted by Gasteiger charge is -2.20. The standard InChI is InChI=1S/C13H19NO3.C4H9NO2S.C2H6.CH4O/c1-10(9-11-7-5-4-6-8-11)14-12(15)17-13(2,3)16;1-8-2-3(5)4(6)7;2*1-2/h4-8,10,16H,9H2,1-3H3,(H,14,15);3H,2,5H2,1H3,(H,6,7);1-2H3;2H,1H3/t10-;;;/m0.../s1. The van der Waals surface area contributed by atoms with Crippen LogP contribution in [0.1, 0.15) is 40.2 Å². The number of amides is 1. The molecule has 0 radical (unpaired) electrons. The Kier molecular flexibility index (Phi) is 21.4. The van der Waals surface area contributed by atoms with Crippen LogP contribution >= 0.6 is 11.8 Å². The van der Waals surface area contributed by atoms with Gasteiger partial charge in [0.2, 0.25) is 5.79 Å². The molecular formula is C20H38N2O6S. The molecule has 1 aromatic carbocycles. The summed E-state index contributed by atoms with van der Waals surface area (Å²) in [6.45, 7) is 8.71. The van der Waals surface area contributed by atoms with Crippen molar-refractivity contribution in [3.8, 4) is 0 Å². The van der Waals surface area contributed by atoms with Crippen molar-refractivity contribution in [1.82, 2.24) is 5.32 Å². The number of thioether (sulfide) groups is 1. The van der Waals surface area contributed by atoms with Gasteiger partial charge in [-0.2, -0.15) is 11.8 Å². The molecule has 0 fully saturated rings. The number of benzene rings is 1. The zero-order chi connectivity index (χ0) is 23.5. The number of ether oxygens (including phenoxy) is 1. The van der Waals surface area contributed by atoms with Crippen molar-refractivity contribution in [2.24, 2.45) is 5.73 Å². The first-order valence-electron chi connectivity index (χ1n) is 9.23. The molecule has 0 saturated carbocycles. The Morgan fingerprint density at radius 3 is 2.03 bits per heavy atom. The van der Waals surface area contributed by atoms with Gasteiger partial charge in [-0.3, -0.25) is 4.79 Å². The van der Waals surface area contributed by atoms with Gasteiger partial charge in [-0.15, -0.1) is 0 Å². The molecule has 170 valence electrons. The zero-order valence-corrected chi connectivity index (χ0v) is 19.3. The van der Waals surface area contributed by atoms with E-state index in [1.54, 1.807) is 0 Å². The molecule has 0 aliphatic heterocycles. The Bertz CT molecular complexity index is 523. The second-order valence-corrected chi connectivity index (χ2v) is 6.88. The normalized spacial score (nSPS) is 11.7. The van der Waals surface area contributed by atoms with Crippen molar-refractivity contribution in [2.75, 3.05) is 19.1 Å². The average Bonchev–Trinajstić information content (AvgIpc) is 2.64. The molecule has 0 aliphatic carbocycles. The number of aliphatic carboxylic acids is 1. The Morgan fingerprint density at radius 2 is 1.69 bits per heavy atom. The third-order valence-corrected chi connectivity index (χ3v) is 3.45. The number of nitrogens with two attached hydrogens (primary N) is 1. The Morgan fingerprint density at radius 1 is 1.21 bits per heavy atom. The van der Waals surface area contributed by atoms with Gasteiger partial charge in [0, 0.05) is 32.8 Å². The van der Waals surface area contributed by atoms with Crippen LogP contribution < -0.4 is 11.1 Å². The molecule has 9 heteroatoms. The predicted molar refractivity (Wildman–Crippen MR) is 119 cm³/mol. The summed E-state index contributed by atoms with van der Waals surface area (Å²) in [5.74, 6) is -1.90. The fourth-order valence-electron chi connectivity index (χ4n) is 1.73. The molecule has 1 aromatic rings. The number of nitrogens with one attached hydrogen (secondary N) is 1. The number of rotatable bonds is 7. The fourth-order valence-corrected chi connectivity index (χ4v) is 2.23. The van der Waals surface area contributed by atoms with Crippen LogP contribution in [0.2, 0.25) is 0 Å². The topological polar surface area (TPSA) is 142 Å². The predicted octanol–water partition coefficient (Wildman–Crippen LogP) is 2.47. The second-order valence-electron chi connectivity index (χ2n) is 5.97. The molecule has 0 aliphatic rings.